The first-order chi connectivity index (χ1) is 72.9. The van der Waals surface area contributed by atoms with Crippen LogP contribution in [0, 0.1) is 15.3 Å². The molecule has 736 valence electrons. The van der Waals surface area contributed by atoms with E-state index in [4.69, 9.17) is 4.74 Å². The number of benzene rings is 20. The average molecular weight is 2290 g/mol. The van der Waals surface area contributed by atoms with Crippen LogP contribution in [0.5, 0.6) is 0 Å². The monoisotopic (exact) mass is 2280 g/mol. The molecule has 20 aromatic carbocycles. The number of carbonyl (C=O) groups excluding carboxylic acids is 2. The van der Waals surface area contributed by atoms with Gasteiger partial charge in [-0.2, -0.15) is 0 Å². The molecule has 0 atom stereocenters. The van der Waals surface area contributed by atoms with Gasteiger partial charge in [-0.1, -0.05) is 558 Å². The van der Waals surface area contributed by atoms with Gasteiger partial charge in [-0.15, -0.1) is 0 Å². The van der Waals surface area contributed by atoms with Crippen molar-refractivity contribution < 1.29 is 48.3 Å². The molecule has 0 amide bonds. The van der Waals surface area contributed by atoms with Gasteiger partial charge in [0, 0.05) is 32.8 Å². The Morgan fingerprint density at radius 2 is 0.430 bits per heavy atom. The zero-order valence-corrected chi connectivity index (χ0v) is 90.6. The number of rotatable bonds is 23. The summed E-state index contributed by atoms with van der Waals surface area (Å²) >= 11 is 5.21. The molecule has 0 aliphatic carbocycles. The van der Waals surface area contributed by atoms with Crippen LogP contribution in [0.3, 0.4) is 0 Å². The van der Waals surface area contributed by atoms with Gasteiger partial charge in [-0.3, -0.25) is 0 Å². The van der Waals surface area contributed by atoms with E-state index in [0.29, 0.717) is 5.69 Å². The maximum Gasteiger partial charge on any atom is 0.339 e. The van der Waals surface area contributed by atoms with E-state index in [1.54, 1.807) is 18.6 Å². The fourth-order valence-electron chi connectivity index (χ4n) is 17.6. The predicted octanol–water partition coefficient (Wildman–Crippen LogP) is 27.8. The summed E-state index contributed by atoms with van der Waals surface area (Å²) in [5.41, 5.74) is 6.21. The number of imidazole rings is 2. The van der Waals surface area contributed by atoms with E-state index in [1.807, 2.05) is 65.5 Å². The second-order valence-electron chi connectivity index (χ2n) is 33.5. The molecule has 22 rings (SSSR count). The van der Waals surface area contributed by atoms with Crippen LogP contribution in [-0.4, -0.2) is 45.3 Å². The number of hydrogen-bond donors (Lipinski definition) is 0. The van der Waals surface area contributed by atoms with E-state index < -0.39 is 66.3 Å². The van der Waals surface area contributed by atoms with Gasteiger partial charge in [0.05, 0.1) is 53.7 Å². The van der Waals surface area contributed by atoms with Gasteiger partial charge in [0.2, 0.25) is 0 Å². The van der Waals surface area contributed by atoms with Gasteiger partial charge in [0.1, 0.15) is 26.4 Å². The molecule has 0 spiro atoms. The Morgan fingerprint density at radius 3 is 0.631 bits per heavy atom. The smallest absolute Gasteiger partial charge is 0.339 e. The summed E-state index contributed by atoms with van der Waals surface area (Å²) in [7, 11) is 0.744. The van der Waals surface area contributed by atoms with E-state index in [0.717, 1.165) is 20.4 Å². The van der Waals surface area contributed by atoms with Crippen molar-refractivity contribution in [1.82, 2.24) is 19.1 Å². The molecule has 2 heterocycles. The molecular weight excluding hydrogens is 2180 g/mol. The van der Waals surface area contributed by atoms with Gasteiger partial charge in [0.15, 0.2) is 0 Å². The fraction of sp³-hybridized carbons (Fsp3) is 0.0303. The molecule has 0 saturated heterocycles. The minimum Gasteiger partial charge on any atom is -0.465 e. The Labute approximate surface area is 913 Å². The van der Waals surface area contributed by atoms with E-state index in [1.165, 1.54) is 125 Å². The molecular formula is C132H106BrF2IN4O4P4Pd. The molecule has 0 saturated carbocycles. The van der Waals surface area contributed by atoms with E-state index >= 15 is 4.39 Å². The minimum atomic E-state index is -0.786. The Morgan fingerprint density at radius 1 is 0.248 bits per heavy atom. The average Bonchev–Trinajstić information content (AvgIpc) is 1.72. The van der Waals surface area contributed by atoms with Gasteiger partial charge in [-0.05, 0) is 192 Å². The standard InChI is InChI=1S/C30H23FN2O2.C22H17IN2.4C18H15P.C8H6BrFO2.Pd/c1-35-29(34)25-18-11-19-26(31)28(25)27-20-33(21-32-27)30(22-12-5-2-6-13-22,23-14-7-3-8-15-23)24-16-9-4-10-17-24;23-21-16-25(17-24-21)22(18-10-4-1-5-11-18,19-12-6-2-7-13-19)20-14-8-3-9-15-20;4*1-4-10-16(11-5-1)19(17-12-6-2-7-13-17)18-14-8-3-9-15-18;1-12-8(11)5-3-2-4-6(10)7(5)9;/h2-21H,1H3;1-17H;4*1-15H;2-4H,1H3;. The van der Waals surface area contributed by atoms with Crippen molar-refractivity contribution in [3.8, 4) is 11.3 Å². The van der Waals surface area contributed by atoms with Crippen LogP contribution in [0.15, 0.2) is 612 Å². The number of methoxy groups -OCH3 is 2. The zero-order chi connectivity index (χ0) is 102. The SMILES string of the molecule is COC(=O)c1cccc(F)c1-c1cn(C(c2ccccc2)(c2ccccc2)c2ccccc2)cn1.COC(=O)c1cccc(F)c1Br.Ic1cn(C(c2ccccc2)(c2ccccc2)c2ccccc2)cn1.[Pd].c1ccc(P(c2ccccc2)c2ccccc2)cc1.c1ccc(P(c2ccccc2)c2ccccc2)cc1.c1ccc(P(c2ccccc2)c2ccccc2)cc1.c1ccc(P(c2ccccc2)c2ccccc2)cc1. The topological polar surface area (TPSA) is 88.2 Å². The minimum absolute atomic E-state index is 0. The van der Waals surface area contributed by atoms with Crippen molar-refractivity contribution in [2.45, 2.75) is 11.1 Å². The van der Waals surface area contributed by atoms with Crippen molar-refractivity contribution in [1.29, 1.82) is 0 Å². The third-order valence-electron chi connectivity index (χ3n) is 24.3. The Kier molecular flexibility index (Phi) is 41.0. The van der Waals surface area contributed by atoms with E-state index in [9.17, 15) is 14.0 Å². The summed E-state index contributed by atoms with van der Waals surface area (Å²) in [6.45, 7) is 0. The molecule has 2 aromatic heterocycles. The number of ether oxygens (including phenoxy) is 2. The van der Waals surface area contributed by atoms with E-state index in [-0.39, 0.29) is 41.6 Å². The molecule has 0 N–H and O–H groups in total. The molecule has 0 bridgehead atoms. The first kappa shape index (κ1) is 108. The summed E-state index contributed by atoms with van der Waals surface area (Å²) < 4.78 is 42.5. The predicted molar refractivity (Wildman–Crippen MR) is 629 cm³/mol. The zero-order valence-electron chi connectivity index (χ0n) is 81.8. The maximum absolute atomic E-state index is 15.1. The van der Waals surface area contributed by atoms with Gasteiger partial charge in [0.25, 0.3) is 0 Å². The van der Waals surface area contributed by atoms with Crippen molar-refractivity contribution in [3.63, 3.8) is 0 Å². The van der Waals surface area contributed by atoms with Gasteiger partial charge in [-0.25, -0.2) is 28.3 Å². The maximum atomic E-state index is 15.1. The largest absolute Gasteiger partial charge is 0.465 e. The van der Waals surface area contributed by atoms with Crippen molar-refractivity contribution in [3.05, 3.63) is 672 Å². The number of carbonyl (C=O) groups is 2. The summed E-state index contributed by atoms with van der Waals surface area (Å²) in [6.07, 6.45) is 7.51. The Hall–Kier alpha value is -14.8. The first-order valence-corrected chi connectivity index (χ1v) is 55.5. The number of nitrogens with zero attached hydrogens (tertiary/aromatic N) is 4. The van der Waals surface area contributed by atoms with Crippen LogP contribution >= 0.6 is 70.2 Å². The molecule has 0 unspecified atom stereocenters. The van der Waals surface area contributed by atoms with Gasteiger partial charge < -0.3 is 18.6 Å². The third kappa shape index (κ3) is 27.8. The summed E-state index contributed by atoms with van der Waals surface area (Å²) in [4.78, 5) is 32.5. The molecule has 0 aliphatic rings. The second-order valence-corrected chi connectivity index (χ2v) is 44.3. The molecule has 0 radical (unpaired) electrons. The normalized spacial score (nSPS) is 10.7. The van der Waals surface area contributed by atoms with Crippen LogP contribution in [0.1, 0.15) is 54.1 Å². The van der Waals surface area contributed by atoms with E-state index in [2.05, 4.69) is 555 Å². The first-order valence-electron chi connectivity index (χ1n) is 48.2. The fourth-order valence-corrected chi connectivity index (χ4v) is 27.7. The van der Waals surface area contributed by atoms with Crippen molar-refractivity contribution in [2.75, 3.05) is 14.2 Å². The van der Waals surface area contributed by atoms with Crippen LogP contribution in [0.25, 0.3) is 11.3 Å². The number of esters is 2. The number of hydrogen-bond acceptors (Lipinski definition) is 6. The summed E-state index contributed by atoms with van der Waals surface area (Å²) in [5, 5.41) is 16.8. The quantitative estimate of drug-likeness (QED) is 0.0208. The molecule has 17 heteroatoms. The van der Waals surface area contributed by atoms with Crippen LogP contribution in [0.4, 0.5) is 8.78 Å². The second kappa shape index (κ2) is 56.4. The third-order valence-corrected chi connectivity index (χ3v) is 35.4. The molecule has 0 fully saturated rings. The van der Waals surface area contributed by atoms with Crippen LogP contribution in [-0.2, 0) is 41.0 Å². The summed E-state index contributed by atoms with van der Waals surface area (Å²) in [6, 6.07) is 200. The molecule has 149 heavy (non-hydrogen) atoms. The van der Waals surface area contributed by atoms with Crippen molar-refractivity contribution in [2.24, 2.45) is 0 Å². The molecule has 0 aliphatic heterocycles. The number of aromatic nitrogens is 4. The molecule has 22 aromatic rings. The Balaban J connectivity index is 0.000000133. The number of halogens is 4. The van der Waals surface area contributed by atoms with Crippen LogP contribution < -0.4 is 63.7 Å². The van der Waals surface area contributed by atoms with Gasteiger partial charge >= 0.3 is 11.9 Å². The molecule has 8 nitrogen and oxygen atoms in total. The summed E-state index contributed by atoms with van der Waals surface area (Å²) in [5.74, 6) is -2.18. The Bertz CT molecular complexity index is 6690. The van der Waals surface area contributed by atoms with Crippen molar-refractivity contribution >= 4 is 146 Å². The van der Waals surface area contributed by atoms with Crippen LogP contribution in [0.2, 0.25) is 0 Å².